The zero-order chi connectivity index (χ0) is 12.8. The fourth-order valence-corrected chi connectivity index (χ4v) is 1.94. The Bertz CT molecular complexity index is 341. The van der Waals surface area contributed by atoms with Crippen molar-refractivity contribution >= 4 is 11.5 Å². The van der Waals surface area contributed by atoms with E-state index in [1.807, 2.05) is 11.7 Å². The molecule has 1 aromatic heterocycles. The Hall–Kier alpha value is -1.23. The van der Waals surface area contributed by atoms with Gasteiger partial charge in [-0.15, -0.1) is 0 Å². The van der Waals surface area contributed by atoms with Crippen LogP contribution in [0, 0.1) is 0 Å². The molecule has 0 spiro atoms. The maximum atomic E-state index is 6.04. The number of nitrogens with zero attached hydrogens (tertiary/aromatic N) is 3. The van der Waals surface area contributed by atoms with Crippen molar-refractivity contribution in [3.8, 4) is 0 Å². The molecule has 0 saturated carbocycles. The van der Waals surface area contributed by atoms with Gasteiger partial charge in [0.2, 0.25) is 0 Å². The van der Waals surface area contributed by atoms with Gasteiger partial charge in [0.15, 0.2) is 0 Å². The summed E-state index contributed by atoms with van der Waals surface area (Å²) in [5.74, 6) is 0.939. The topological polar surface area (TPSA) is 59.1 Å². The van der Waals surface area contributed by atoms with E-state index in [2.05, 4.69) is 36.1 Å². The molecule has 3 N–H and O–H groups in total. The quantitative estimate of drug-likeness (QED) is 0.753. The molecule has 1 heterocycles. The van der Waals surface area contributed by atoms with Gasteiger partial charge in [0.1, 0.15) is 5.82 Å². The van der Waals surface area contributed by atoms with Gasteiger partial charge >= 0.3 is 0 Å². The first-order chi connectivity index (χ1) is 8.13. The maximum absolute atomic E-state index is 6.04. The van der Waals surface area contributed by atoms with E-state index in [0.717, 1.165) is 49.8 Å². The Kier molecular flexibility index (Phi) is 5.28. The van der Waals surface area contributed by atoms with Crippen LogP contribution in [0.4, 0.5) is 11.5 Å². The summed E-state index contributed by atoms with van der Waals surface area (Å²) in [6.45, 7) is 10.5. The van der Waals surface area contributed by atoms with E-state index in [9.17, 15) is 0 Å². The highest BCUT2D eigenvalue weighted by Gasteiger charge is 2.11. The standard InChI is InChI=1S/C12H25N5/c1-5-10-11(13)12(16(4)15-10)14-8-9-17(6-2)7-3/h14H,5-9,13H2,1-4H3. The molecule has 1 rings (SSSR count). The van der Waals surface area contributed by atoms with Crippen LogP contribution in [-0.2, 0) is 13.5 Å². The molecule has 0 aliphatic heterocycles. The molecule has 0 atom stereocenters. The predicted octanol–water partition coefficient (Wildman–Crippen LogP) is 1.32. The zero-order valence-electron chi connectivity index (χ0n) is 11.5. The summed E-state index contributed by atoms with van der Waals surface area (Å²) in [7, 11) is 1.93. The summed E-state index contributed by atoms with van der Waals surface area (Å²) < 4.78 is 1.83. The Morgan fingerprint density at radius 3 is 2.41 bits per heavy atom. The molecule has 0 amide bonds. The van der Waals surface area contributed by atoms with Crippen LogP contribution in [0.2, 0.25) is 0 Å². The molecule has 98 valence electrons. The molecule has 5 nitrogen and oxygen atoms in total. The average molecular weight is 239 g/mol. The molecule has 17 heavy (non-hydrogen) atoms. The van der Waals surface area contributed by atoms with Crippen LogP contribution in [0.1, 0.15) is 26.5 Å². The third kappa shape index (κ3) is 3.36. The number of likely N-dealkylation sites (N-methyl/N-ethyl adjacent to an activating group) is 1. The summed E-state index contributed by atoms with van der Waals surface area (Å²) >= 11 is 0. The molecule has 0 radical (unpaired) electrons. The first kappa shape index (κ1) is 13.8. The summed E-state index contributed by atoms with van der Waals surface area (Å²) in [6.07, 6.45) is 0.872. The Morgan fingerprint density at radius 2 is 1.94 bits per heavy atom. The van der Waals surface area contributed by atoms with Gasteiger partial charge in [-0.05, 0) is 19.5 Å². The second kappa shape index (κ2) is 6.49. The van der Waals surface area contributed by atoms with Crippen LogP contribution in [0.5, 0.6) is 0 Å². The van der Waals surface area contributed by atoms with Crippen LogP contribution >= 0.6 is 0 Å². The number of aromatic nitrogens is 2. The highest BCUT2D eigenvalue weighted by Crippen LogP contribution is 2.21. The number of aryl methyl sites for hydroxylation is 2. The number of hydrogen-bond donors (Lipinski definition) is 2. The summed E-state index contributed by atoms with van der Waals surface area (Å²) in [5.41, 5.74) is 7.79. The molecule has 0 saturated heterocycles. The Balaban J connectivity index is 2.54. The van der Waals surface area contributed by atoms with Crippen molar-refractivity contribution in [3.63, 3.8) is 0 Å². The minimum atomic E-state index is 0.787. The predicted molar refractivity (Wildman–Crippen MR) is 73.3 cm³/mol. The van der Waals surface area contributed by atoms with Crippen LogP contribution in [0.25, 0.3) is 0 Å². The largest absolute Gasteiger partial charge is 0.394 e. The summed E-state index contributed by atoms with van der Waals surface area (Å²) in [5, 5.41) is 7.75. The molecular formula is C12H25N5. The normalized spacial score (nSPS) is 11.1. The maximum Gasteiger partial charge on any atom is 0.147 e. The number of hydrogen-bond acceptors (Lipinski definition) is 4. The van der Waals surface area contributed by atoms with Crippen molar-refractivity contribution in [2.45, 2.75) is 27.2 Å². The number of nitrogens with one attached hydrogen (secondary N) is 1. The fraction of sp³-hybridized carbons (Fsp3) is 0.750. The van der Waals surface area contributed by atoms with Crippen molar-refractivity contribution in [1.29, 1.82) is 0 Å². The highest BCUT2D eigenvalue weighted by atomic mass is 15.3. The van der Waals surface area contributed by atoms with Gasteiger partial charge in [0, 0.05) is 20.1 Å². The van der Waals surface area contributed by atoms with Crippen LogP contribution in [0.3, 0.4) is 0 Å². The molecule has 0 aliphatic carbocycles. The molecule has 0 aliphatic rings. The lowest BCUT2D eigenvalue weighted by Crippen LogP contribution is -2.29. The van der Waals surface area contributed by atoms with Crippen molar-refractivity contribution < 1.29 is 0 Å². The molecule has 0 fully saturated rings. The minimum Gasteiger partial charge on any atom is -0.394 e. The van der Waals surface area contributed by atoms with E-state index in [-0.39, 0.29) is 0 Å². The first-order valence-electron chi connectivity index (χ1n) is 6.41. The lowest BCUT2D eigenvalue weighted by Gasteiger charge is -2.18. The van der Waals surface area contributed by atoms with E-state index in [4.69, 9.17) is 5.73 Å². The van der Waals surface area contributed by atoms with Gasteiger partial charge in [-0.2, -0.15) is 5.10 Å². The van der Waals surface area contributed by atoms with E-state index in [0.29, 0.717) is 0 Å². The average Bonchev–Trinajstić information content (AvgIpc) is 2.61. The molecular weight excluding hydrogens is 214 g/mol. The summed E-state index contributed by atoms with van der Waals surface area (Å²) in [6, 6.07) is 0. The van der Waals surface area contributed by atoms with Gasteiger partial charge in [-0.1, -0.05) is 20.8 Å². The van der Waals surface area contributed by atoms with Crippen LogP contribution in [-0.4, -0.2) is 40.9 Å². The van der Waals surface area contributed by atoms with Gasteiger partial charge in [0.05, 0.1) is 11.4 Å². The summed E-state index contributed by atoms with van der Waals surface area (Å²) in [4.78, 5) is 2.38. The van der Waals surface area contributed by atoms with Crippen LogP contribution < -0.4 is 11.1 Å². The van der Waals surface area contributed by atoms with Crippen molar-refractivity contribution in [2.24, 2.45) is 7.05 Å². The van der Waals surface area contributed by atoms with E-state index in [1.165, 1.54) is 0 Å². The van der Waals surface area contributed by atoms with Gasteiger partial charge in [-0.3, -0.25) is 4.68 Å². The molecule has 0 aromatic carbocycles. The molecule has 0 bridgehead atoms. The lowest BCUT2D eigenvalue weighted by molar-refractivity contribution is 0.316. The van der Waals surface area contributed by atoms with Crippen molar-refractivity contribution in [1.82, 2.24) is 14.7 Å². The number of rotatable bonds is 7. The van der Waals surface area contributed by atoms with E-state index < -0.39 is 0 Å². The van der Waals surface area contributed by atoms with Gasteiger partial charge in [0.25, 0.3) is 0 Å². The van der Waals surface area contributed by atoms with Gasteiger partial charge < -0.3 is 16.0 Å². The van der Waals surface area contributed by atoms with E-state index in [1.54, 1.807) is 0 Å². The second-order valence-electron chi connectivity index (χ2n) is 4.14. The fourth-order valence-electron chi connectivity index (χ4n) is 1.94. The zero-order valence-corrected chi connectivity index (χ0v) is 11.5. The Morgan fingerprint density at radius 1 is 1.29 bits per heavy atom. The van der Waals surface area contributed by atoms with Crippen molar-refractivity contribution in [3.05, 3.63) is 5.69 Å². The van der Waals surface area contributed by atoms with Crippen molar-refractivity contribution in [2.75, 3.05) is 37.2 Å². The SMILES string of the molecule is CCc1nn(C)c(NCCN(CC)CC)c1N. The molecule has 0 unspecified atom stereocenters. The van der Waals surface area contributed by atoms with Gasteiger partial charge in [-0.25, -0.2) is 0 Å². The monoisotopic (exact) mass is 239 g/mol. The lowest BCUT2D eigenvalue weighted by atomic mass is 10.3. The van der Waals surface area contributed by atoms with E-state index >= 15 is 0 Å². The first-order valence-corrected chi connectivity index (χ1v) is 6.41. The van der Waals surface area contributed by atoms with Crippen LogP contribution in [0.15, 0.2) is 0 Å². The number of anilines is 2. The highest BCUT2D eigenvalue weighted by molar-refractivity contribution is 5.64. The number of nitrogen functional groups attached to an aromatic ring is 1. The third-order valence-corrected chi connectivity index (χ3v) is 3.11. The second-order valence-corrected chi connectivity index (χ2v) is 4.14. The smallest absolute Gasteiger partial charge is 0.147 e. The minimum absolute atomic E-state index is 0.787. The third-order valence-electron chi connectivity index (χ3n) is 3.11. The number of nitrogens with two attached hydrogens (primary N) is 1. The molecule has 5 heteroatoms. The Labute approximate surface area is 104 Å². The molecule has 1 aromatic rings.